The van der Waals surface area contributed by atoms with E-state index >= 15 is 0 Å². The fourth-order valence-electron chi connectivity index (χ4n) is 3.36. The van der Waals surface area contributed by atoms with Crippen molar-refractivity contribution in [1.82, 2.24) is 15.6 Å². The maximum absolute atomic E-state index is 13.8. The molecule has 0 saturated carbocycles. The molecule has 22 heavy (non-hydrogen) atoms. The lowest BCUT2D eigenvalue weighted by atomic mass is 9.95. The van der Waals surface area contributed by atoms with Gasteiger partial charge in [0.15, 0.2) is 0 Å². The predicted octanol–water partition coefficient (Wildman–Crippen LogP) is 2.57. The molecule has 0 radical (unpaired) electrons. The lowest BCUT2D eigenvalue weighted by Crippen LogP contribution is -2.42. The molecule has 114 valence electrons. The van der Waals surface area contributed by atoms with Crippen LogP contribution in [0.25, 0.3) is 10.6 Å². The predicted molar refractivity (Wildman–Crippen MR) is 83.3 cm³/mol. The maximum atomic E-state index is 13.8. The van der Waals surface area contributed by atoms with Gasteiger partial charge in [0.25, 0.3) is 5.91 Å². The summed E-state index contributed by atoms with van der Waals surface area (Å²) in [5.74, 6) is -0.430. The number of carbonyl (C=O) groups excluding carboxylic acids is 1. The van der Waals surface area contributed by atoms with E-state index in [1.807, 2.05) is 0 Å². The van der Waals surface area contributed by atoms with Crippen LogP contribution in [0.5, 0.6) is 0 Å². The number of nitrogens with zero attached hydrogens (tertiary/aromatic N) is 1. The van der Waals surface area contributed by atoms with E-state index in [-0.39, 0.29) is 17.8 Å². The van der Waals surface area contributed by atoms with Crippen LogP contribution in [-0.2, 0) is 0 Å². The number of benzene rings is 1. The zero-order chi connectivity index (χ0) is 15.1. The summed E-state index contributed by atoms with van der Waals surface area (Å²) in [4.78, 5) is 17.1. The number of carbonyl (C=O) groups is 1. The third kappa shape index (κ3) is 2.42. The topological polar surface area (TPSA) is 54.0 Å². The normalized spacial score (nSPS) is 26.3. The summed E-state index contributed by atoms with van der Waals surface area (Å²) in [5, 5.41) is 7.11. The van der Waals surface area contributed by atoms with Crippen molar-refractivity contribution < 1.29 is 9.18 Å². The smallest absolute Gasteiger partial charge is 0.263 e. The number of hydrogen-bond acceptors (Lipinski definition) is 4. The molecule has 0 spiro atoms. The monoisotopic (exact) mass is 317 g/mol. The Kier molecular flexibility index (Phi) is 3.43. The Balaban J connectivity index is 1.49. The van der Waals surface area contributed by atoms with Crippen molar-refractivity contribution in [3.63, 3.8) is 0 Å². The van der Waals surface area contributed by atoms with Crippen LogP contribution >= 0.6 is 11.3 Å². The Bertz CT molecular complexity index is 717. The Hall–Kier alpha value is -1.79. The summed E-state index contributed by atoms with van der Waals surface area (Å²) in [6, 6.07) is 7.62. The molecular weight excluding hydrogens is 301 g/mol. The number of halogens is 1. The molecule has 2 aliphatic rings. The molecule has 1 amide bonds. The molecule has 2 aliphatic heterocycles. The third-order valence-electron chi connectivity index (χ3n) is 4.45. The summed E-state index contributed by atoms with van der Waals surface area (Å²) in [6.45, 7) is 0. The van der Waals surface area contributed by atoms with Gasteiger partial charge >= 0.3 is 0 Å². The Morgan fingerprint density at radius 2 is 2.23 bits per heavy atom. The first-order valence-electron chi connectivity index (χ1n) is 7.48. The van der Waals surface area contributed by atoms with Gasteiger partial charge in [0.05, 0.1) is 6.20 Å². The number of fused-ring (bicyclic) bond motifs is 2. The molecule has 1 aromatic carbocycles. The highest BCUT2D eigenvalue weighted by molar-refractivity contribution is 7.16. The number of hydrogen-bond donors (Lipinski definition) is 2. The number of aromatic nitrogens is 1. The van der Waals surface area contributed by atoms with E-state index < -0.39 is 0 Å². The van der Waals surface area contributed by atoms with Gasteiger partial charge in [-0.15, -0.1) is 11.3 Å². The van der Waals surface area contributed by atoms with Gasteiger partial charge in [0.1, 0.15) is 15.7 Å². The largest absolute Gasteiger partial charge is 0.347 e. The quantitative estimate of drug-likeness (QED) is 0.915. The number of thiazole rings is 1. The molecular formula is C16H16FN3OS. The van der Waals surface area contributed by atoms with Crippen molar-refractivity contribution in [3.8, 4) is 10.6 Å². The van der Waals surface area contributed by atoms with E-state index in [1.165, 1.54) is 30.0 Å². The minimum atomic E-state index is -0.318. The zero-order valence-electron chi connectivity index (χ0n) is 11.9. The first-order chi connectivity index (χ1) is 10.7. The van der Waals surface area contributed by atoms with Crippen LogP contribution in [0.2, 0.25) is 0 Å². The van der Waals surface area contributed by atoms with Gasteiger partial charge in [-0.3, -0.25) is 4.79 Å². The third-order valence-corrected chi connectivity index (χ3v) is 5.48. The Labute approximate surface area is 131 Å². The summed E-state index contributed by atoms with van der Waals surface area (Å²) >= 11 is 1.23. The number of amides is 1. The van der Waals surface area contributed by atoms with Crippen molar-refractivity contribution in [2.75, 3.05) is 0 Å². The molecule has 2 aromatic rings. The molecule has 6 heteroatoms. The van der Waals surface area contributed by atoms with Crippen LogP contribution < -0.4 is 10.6 Å². The van der Waals surface area contributed by atoms with E-state index in [1.54, 1.807) is 18.2 Å². The van der Waals surface area contributed by atoms with Crippen molar-refractivity contribution in [3.05, 3.63) is 41.2 Å². The minimum absolute atomic E-state index is 0.112. The van der Waals surface area contributed by atoms with Gasteiger partial charge < -0.3 is 10.6 Å². The minimum Gasteiger partial charge on any atom is -0.347 e. The lowest BCUT2D eigenvalue weighted by Gasteiger charge is -2.20. The molecule has 2 fully saturated rings. The highest BCUT2D eigenvalue weighted by atomic mass is 32.1. The van der Waals surface area contributed by atoms with E-state index in [2.05, 4.69) is 15.6 Å². The van der Waals surface area contributed by atoms with E-state index in [0.29, 0.717) is 27.5 Å². The first kappa shape index (κ1) is 13.8. The number of rotatable bonds is 3. The van der Waals surface area contributed by atoms with Crippen LogP contribution in [-0.4, -0.2) is 29.0 Å². The van der Waals surface area contributed by atoms with Gasteiger partial charge in [-0.2, -0.15) is 0 Å². The van der Waals surface area contributed by atoms with Crippen LogP contribution in [0.1, 0.15) is 28.9 Å². The first-order valence-corrected chi connectivity index (χ1v) is 8.30. The van der Waals surface area contributed by atoms with Gasteiger partial charge in [0, 0.05) is 23.7 Å². The van der Waals surface area contributed by atoms with E-state index in [0.717, 1.165) is 12.8 Å². The van der Waals surface area contributed by atoms with Crippen LogP contribution in [0, 0.1) is 5.82 Å². The molecule has 3 heterocycles. The van der Waals surface area contributed by atoms with Crippen LogP contribution in [0.15, 0.2) is 30.5 Å². The molecule has 0 unspecified atom stereocenters. The Morgan fingerprint density at radius 3 is 2.95 bits per heavy atom. The second kappa shape index (κ2) is 5.44. The summed E-state index contributed by atoms with van der Waals surface area (Å²) in [7, 11) is 0. The standard InChI is InChI=1S/C16H16FN3OS/c17-11-4-2-1-3-10(11)16-18-8-14(22-16)15(21)20-13-7-9-5-6-12(13)19-9/h1-4,8-9,12-13,19H,5-7H2,(H,20,21)/t9-,12+,13-/m1/s1. The summed E-state index contributed by atoms with van der Waals surface area (Å²) in [6.07, 6.45) is 4.85. The summed E-state index contributed by atoms with van der Waals surface area (Å²) < 4.78 is 13.8. The fraction of sp³-hybridized carbons (Fsp3) is 0.375. The molecule has 4 nitrogen and oxygen atoms in total. The second-order valence-electron chi connectivity index (χ2n) is 5.87. The van der Waals surface area contributed by atoms with Gasteiger partial charge in [-0.1, -0.05) is 12.1 Å². The van der Waals surface area contributed by atoms with E-state index in [9.17, 15) is 9.18 Å². The van der Waals surface area contributed by atoms with Crippen molar-refractivity contribution in [2.45, 2.75) is 37.4 Å². The average Bonchev–Trinajstić information content (AvgIpc) is 3.24. The molecule has 2 bridgehead atoms. The van der Waals surface area contributed by atoms with E-state index in [4.69, 9.17) is 0 Å². The second-order valence-corrected chi connectivity index (χ2v) is 6.90. The van der Waals surface area contributed by atoms with Crippen LogP contribution in [0.3, 0.4) is 0 Å². The molecule has 3 atom stereocenters. The number of nitrogens with one attached hydrogen (secondary N) is 2. The average molecular weight is 317 g/mol. The summed E-state index contributed by atoms with van der Waals surface area (Å²) in [5.41, 5.74) is 0.438. The lowest BCUT2D eigenvalue weighted by molar-refractivity contribution is 0.0935. The van der Waals surface area contributed by atoms with Gasteiger partial charge in [-0.25, -0.2) is 9.37 Å². The fourth-order valence-corrected chi connectivity index (χ4v) is 4.21. The highest BCUT2D eigenvalue weighted by Crippen LogP contribution is 2.30. The zero-order valence-corrected chi connectivity index (χ0v) is 12.7. The molecule has 0 aliphatic carbocycles. The SMILES string of the molecule is O=C(N[C@@H]1C[C@H]2CC[C@@H]1N2)c1cnc(-c2ccccc2F)s1. The molecule has 2 saturated heterocycles. The van der Waals surface area contributed by atoms with Crippen molar-refractivity contribution in [1.29, 1.82) is 0 Å². The molecule has 1 aromatic heterocycles. The van der Waals surface area contributed by atoms with Gasteiger partial charge in [0.2, 0.25) is 0 Å². The molecule has 4 rings (SSSR count). The van der Waals surface area contributed by atoms with Crippen molar-refractivity contribution in [2.24, 2.45) is 0 Å². The molecule has 2 N–H and O–H groups in total. The maximum Gasteiger partial charge on any atom is 0.263 e. The van der Waals surface area contributed by atoms with Gasteiger partial charge in [-0.05, 0) is 31.4 Å². The van der Waals surface area contributed by atoms with Crippen LogP contribution in [0.4, 0.5) is 4.39 Å². The Morgan fingerprint density at radius 1 is 1.36 bits per heavy atom. The highest BCUT2D eigenvalue weighted by Gasteiger charge is 2.39. The van der Waals surface area contributed by atoms with Crippen molar-refractivity contribution >= 4 is 17.2 Å².